The van der Waals surface area contributed by atoms with Crippen molar-refractivity contribution in [2.24, 2.45) is 5.92 Å². The van der Waals surface area contributed by atoms with E-state index in [1.54, 1.807) is 0 Å². The van der Waals surface area contributed by atoms with Crippen molar-refractivity contribution >= 4 is 28.7 Å². The molecule has 1 aromatic rings. The molecule has 0 N–H and O–H groups in total. The van der Waals surface area contributed by atoms with E-state index in [-0.39, 0.29) is 17.9 Å². The number of hydrogen-bond acceptors (Lipinski definition) is 4. The van der Waals surface area contributed by atoms with Gasteiger partial charge in [-0.2, -0.15) is 0 Å². The van der Waals surface area contributed by atoms with E-state index < -0.39 is 0 Å². The summed E-state index contributed by atoms with van der Waals surface area (Å²) in [6.07, 6.45) is 2.26. The lowest BCUT2D eigenvalue weighted by Gasteiger charge is -2.33. The fourth-order valence-electron chi connectivity index (χ4n) is 3.33. The summed E-state index contributed by atoms with van der Waals surface area (Å²) in [5.74, 6) is 0.287. The number of rotatable bonds is 3. The number of piperidine rings is 1. The van der Waals surface area contributed by atoms with Crippen molar-refractivity contribution in [2.45, 2.75) is 39.7 Å². The molecule has 1 atom stereocenters. The van der Waals surface area contributed by atoms with Gasteiger partial charge in [-0.05, 0) is 44.1 Å². The molecule has 0 aliphatic carbocycles. The van der Waals surface area contributed by atoms with E-state index in [0.717, 1.165) is 24.4 Å². The van der Waals surface area contributed by atoms with Gasteiger partial charge in [0.15, 0.2) is 0 Å². The summed E-state index contributed by atoms with van der Waals surface area (Å²) in [6, 6.07) is 3.75. The summed E-state index contributed by atoms with van der Waals surface area (Å²) in [6.45, 7) is 7.71. The first-order chi connectivity index (χ1) is 10.5. The van der Waals surface area contributed by atoms with Crippen LogP contribution in [0.4, 0.5) is 0 Å². The molecule has 1 fully saturated rings. The molecule has 0 aromatic carbocycles. The van der Waals surface area contributed by atoms with Gasteiger partial charge in [0.1, 0.15) is 5.70 Å². The van der Waals surface area contributed by atoms with Crippen LogP contribution in [0.5, 0.6) is 0 Å². The Morgan fingerprint density at radius 3 is 2.64 bits per heavy atom. The molecule has 5 heteroatoms. The number of carbonyl (C=O) groups excluding carboxylic acids is 2. The number of carbonyl (C=O) groups is 2. The van der Waals surface area contributed by atoms with Gasteiger partial charge in [-0.15, -0.1) is 11.3 Å². The minimum absolute atomic E-state index is 0.116. The molecule has 1 saturated heterocycles. The molecule has 3 heterocycles. The Hall–Kier alpha value is -1.62. The average molecular weight is 318 g/mol. The molecule has 0 spiro atoms. The molecular weight excluding hydrogens is 296 g/mol. The monoisotopic (exact) mass is 318 g/mol. The number of nitrogens with zero attached hydrogens (tertiary/aromatic N) is 2. The minimum atomic E-state index is -0.143. The maximum atomic E-state index is 12.9. The molecule has 1 unspecified atom stereocenters. The van der Waals surface area contributed by atoms with E-state index in [1.807, 2.05) is 31.4 Å². The smallest absolute Gasteiger partial charge is 0.278 e. The number of amides is 2. The maximum absolute atomic E-state index is 12.9. The molecule has 22 heavy (non-hydrogen) atoms. The van der Waals surface area contributed by atoms with Crippen molar-refractivity contribution in [2.75, 3.05) is 13.1 Å². The molecule has 2 amide bonds. The third-order valence-electron chi connectivity index (χ3n) is 4.35. The predicted molar refractivity (Wildman–Crippen MR) is 88.2 cm³/mol. The summed E-state index contributed by atoms with van der Waals surface area (Å²) >= 11 is 1.52. The lowest BCUT2D eigenvalue weighted by atomic mass is 9.99. The lowest BCUT2D eigenvalue weighted by Crippen LogP contribution is -2.41. The summed E-state index contributed by atoms with van der Waals surface area (Å²) in [5.41, 5.74) is 1.22. The summed E-state index contributed by atoms with van der Waals surface area (Å²) < 4.78 is 0. The van der Waals surface area contributed by atoms with Crippen molar-refractivity contribution < 1.29 is 9.59 Å². The topological polar surface area (TPSA) is 40.6 Å². The highest BCUT2D eigenvalue weighted by atomic mass is 32.1. The largest absolute Gasteiger partial charge is 0.366 e. The fourth-order valence-corrected chi connectivity index (χ4v) is 4.10. The van der Waals surface area contributed by atoms with Crippen LogP contribution in [0.2, 0.25) is 0 Å². The molecule has 1 aromatic heterocycles. The van der Waals surface area contributed by atoms with E-state index in [0.29, 0.717) is 17.2 Å². The summed E-state index contributed by atoms with van der Waals surface area (Å²) in [5, 5.41) is 1.95. The Morgan fingerprint density at radius 1 is 1.27 bits per heavy atom. The Balaban J connectivity index is 2.07. The van der Waals surface area contributed by atoms with Crippen LogP contribution in [-0.4, -0.2) is 40.7 Å². The van der Waals surface area contributed by atoms with Crippen molar-refractivity contribution in [3.05, 3.63) is 28.1 Å². The average Bonchev–Trinajstić information content (AvgIpc) is 3.04. The van der Waals surface area contributed by atoms with E-state index in [4.69, 9.17) is 0 Å². The third kappa shape index (κ3) is 2.47. The van der Waals surface area contributed by atoms with Crippen LogP contribution in [-0.2, 0) is 9.59 Å². The summed E-state index contributed by atoms with van der Waals surface area (Å²) in [7, 11) is 0. The van der Waals surface area contributed by atoms with Crippen LogP contribution in [0.25, 0.3) is 5.57 Å². The Morgan fingerprint density at radius 2 is 2.05 bits per heavy atom. The lowest BCUT2D eigenvalue weighted by molar-refractivity contribution is -0.139. The second kappa shape index (κ2) is 5.88. The quantitative estimate of drug-likeness (QED) is 0.805. The van der Waals surface area contributed by atoms with Crippen molar-refractivity contribution in [3.8, 4) is 0 Å². The SMILES string of the molecule is CC1CCCN(C2=C(c3cccs3)C(=O)N(C(C)C)C2=O)C1. The van der Waals surface area contributed by atoms with Gasteiger partial charge < -0.3 is 4.90 Å². The molecule has 118 valence electrons. The van der Waals surface area contributed by atoms with E-state index in [1.165, 1.54) is 22.7 Å². The zero-order valence-electron chi connectivity index (χ0n) is 13.3. The number of likely N-dealkylation sites (tertiary alicyclic amines) is 1. The van der Waals surface area contributed by atoms with E-state index >= 15 is 0 Å². The molecule has 0 saturated carbocycles. The molecule has 0 bridgehead atoms. The van der Waals surface area contributed by atoms with Gasteiger partial charge >= 0.3 is 0 Å². The molecule has 2 aliphatic heterocycles. The highest BCUT2D eigenvalue weighted by Crippen LogP contribution is 2.36. The van der Waals surface area contributed by atoms with Gasteiger partial charge in [0, 0.05) is 24.0 Å². The third-order valence-corrected chi connectivity index (χ3v) is 5.24. The first-order valence-electron chi connectivity index (χ1n) is 7.91. The standard InChI is InChI=1S/C17H22N2O2S/c1-11(2)19-16(20)14(13-7-5-9-22-13)15(17(19)21)18-8-4-6-12(3)10-18/h5,7,9,11-12H,4,6,8,10H2,1-3H3. The zero-order valence-corrected chi connectivity index (χ0v) is 14.2. The van der Waals surface area contributed by atoms with Crippen molar-refractivity contribution in [1.82, 2.24) is 9.80 Å². The fraction of sp³-hybridized carbons (Fsp3) is 0.529. The highest BCUT2D eigenvalue weighted by molar-refractivity contribution is 7.11. The van der Waals surface area contributed by atoms with E-state index in [9.17, 15) is 9.59 Å². The van der Waals surface area contributed by atoms with Crippen molar-refractivity contribution in [1.29, 1.82) is 0 Å². The molecular formula is C17H22N2O2S. The van der Waals surface area contributed by atoms with Crippen molar-refractivity contribution in [3.63, 3.8) is 0 Å². The van der Waals surface area contributed by atoms with Gasteiger partial charge in [0.25, 0.3) is 11.8 Å². The Kier molecular flexibility index (Phi) is 4.08. The molecule has 3 rings (SSSR count). The Bertz CT molecular complexity index is 619. The minimum Gasteiger partial charge on any atom is -0.366 e. The van der Waals surface area contributed by atoms with Gasteiger partial charge in [-0.25, -0.2) is 0 Å². The number of thiophene rings is 1. The highest BCUT2D eigenvalue weighted by Gasteiger charge is 2.43. The number of imide groups is 1. The van der Waals surface area contributed by atoms with Crippen LogP contribution in [0, 0.1) is 5.92 Å². The van der Waals surface area contributed by atoms with Crippen LogP contribution in [0.15, 0.2) is 23.2 Å². The second-order valence-electron chi connectivity index (χ2n) is 6.47. The van der Waals surface area contributed by atoms with Crippen LogP contribution in [0.3, 0.4) is 0 Å². The second-order valence-corrected chi connectivity index (χ2v) is 7.42. The summed E-state index contributed by atoms with van der Waals surface area (Å²) in [4.78, 5) is 30.1. The predicted octanol–water partition coefficient (Wildman–Crippen LogP) is 2.97. The number of hydrogen-bond donors (Lipinski definition) is 0. The van der Waals surface area contributed by atoms with Gasteiger partial charge in [-0.3, -0.25) is 14.5 Å². The Labute approximate surface area is 135 Å². The normalized spacial score (nSPS) is 23.2. The molecule has 0 radical (unpaired) electrons. The van der Waals surface area contributed by atoms with Crippen LogP contribution >= 0.6 is 11.3 Å². The molecule has 2 aliphatic rings. The van der Waals surface area contributed by atoms with Crippen LogP contribution < -0.4 is 0 Å². The molecule has 4 nitrogen and oxygen atoms in total. The van der Waals surface area contributed by atoms with Gasteiger partial charge in [0.05, 0.1) is 5.57 Å². The zero-order chi connectivity index (χ0) is 15.9. The first kappa shape index (κ1) is 15.3. The maximum Gasteiger partial charge on any atom is 0.278 e. The van der Waals surface area contributed by atoms with Gasteiger partial charge in [0.2, 0.25) is 0 Å². The first-order valence-corrected chi connectivity index (χ1v) is 8.79. The van der Waals surface area contributed by atoms with Gasteiger partial charge in [-0.1, -0.05) is 13.0 Å². The van der Waals surface area contributed by atoms with Crippen LogP contribution in [0.1, 0.15) is 38.5 Å². The van der Waals surface area contributed by atoms with E-state index in [2.05, 4.69) is 11.8 Å².